The van der Waals surface area contributed by atoms with E-state index in [4.69, 9.17) is 16.3 Å². The maximum absolute atomic E-state index is 13.4. The van der Waals surface area contributed by atoms with E-state index in [2.05, 4.69) is 10.3 Å². The zero-order valence-corrected chi connectivity index (χ0v) is 18.4. The maximum atomic E-state index is 13.4. The number of hydrogen-bond acceptors (Lipinski definition) is 6. The van der Waals surface area contributed by atoms with Gasteiger partial charge in [-0.3, -0.25) is 10.1 Å². The Morgan fingerprint density at radius 1 is 1.19 bits per heavy atom. The summed E-state index contributed by atoms with van der Waals surface area (Å²) in [6, 6.07) is 9.96. The van der Waals surface area contributed by atoms with Crippen molar-refractivity contribution in [2.24, 2.45) is 0 Å². The number of carbonyl (C=O) groups excluding carboxylic acids is 1. The van der Waals surface area contributed by atoms with E-state index in [1.165, 1.54) is 34.6 Å². The fraction of sp³-hybridized carbons (Fsp3) is 0.200. The number of hydrogen-bond donors (Lipinski definition) is 1. The summed E-state index contributed by atoms with van der Waals surface area (Å²) in [5.41, 5.74) is 1.10. The molecule has 0 saturated carbocycles. The molecule has 1 aromatic heterocycles. The lowest BCUT2D eigenvalue weighted by atomic mass is 10.2. The average molecular weight is 482 g/mol. The minimum Gasteiger partial charge on any atom is -0.379 e. The summed E-state index contributed by atoms with van der Waals surface area (Å²) in [7, 11) is -3.78. The molecule has 0 aliphatic carbocycles. The molecule has 0 bridgehead atoms. The fourth-order valence-corrected chi connectivity index (χ4v) is 5.40. The van der Waals surface area contributed by atoms with Crippen LogP contribution in [-0.4, -0.2) is 49.9 Å². The zero-order chi connectivity index (χ0) is 22.0. The third kappa shape index (κ3) is 4.78. The number of benzene rings is 2. The number of sulfonamides is 1. The van der Waals surface area contributed by atoms with Gasteiger partial charge >= 0.3 is 0 Å². The van der Waals surface area contributed by atoms with Gasteiger partial charge in [0, 0.05) is 24.0 Å². The number of aromatic nitrogens is 1. The summed E-state index contributed by atoms with van der Waals surface area (Å²) in [5.74, 6) is -0.981. The van der Waals surface area contributed by atoms with E-state index in [1.807, 2.05) is 0 Å². The van der Waals surface area contributed by atoms with E-state index in [0.717, 1.165) is 11.3 Å². The molecule has 2 aromatic carbocycles. The van der Waals surface area contributed by atoms with Crippen molar-refractivity contribution in [3.63, 3.8) is 0 Å². The molecule has 1 amide bonds. The van der Waals surface area contributed by atoms with Crippen LogP contribution >= 0.6 is 22.9 Å². The molecule has 1 aliphatic rings. The maximum Gasteiger partial charge on any atom is 0.259 e. The highest BCUT2D eigenvalue weighted by molar-refractivity contribution is 7.89. The molecular formula is C20H17ClFN3O4S2. The number of thiazole rings is 1. The predicted molar refractivity (Wildman–Crippen MR) is 116 cm³/mol. The Morgan fingerprint density at radius 3 is 2.71 bits per heavy atom. The largest absolute Gasteiger partial charge is 0.379 e. The van der Waals surface area contributed by atoms with Gasteiger partial charge in [0.25, 0.3) is 5.91 Å². The number of nitrogens with one attached hydrogen (secondary N) is 1. The van der Waals surface area contributed by atoms with Crippen LogP contribution in [0.25, 0.3) is 11.3 Å². The lowest BCUT2D eigenvalue weighted by molar-refractivity contribution is 0.0730. The first kappa shape index (κ1) is 21.8. The Bertz CT molecular complexity index is 1230. The molecule has 1 aliphatic heterocycles. The molecule has 1 fully saturated rings. The molecule has 0 atom stereocenters. The summed E-state index contributed by atoms with van der Waals surface area (Å²) in [6.07, 6.45) is 0. The van der Waals surface area contributed by atoms with Crippen LogP contribution in [-0.2, 0) is 14.8 Å². The third-order valence-corrected chi connectivity index (χ3v) is 7.62. The van der Waals surface area contributed by atoms with Crippen molar-refractivity contribution in [3.8, 4) is 11.3 Å². The van der Waals surface area contributed by atoms with Gasteiger partial charge in [-0.2, -0.15) is 4.31 Å². The number of ether oxygens (including phenoxy) is 1. The lowest BCUT2D eigenvalue weighted by Crippen LogP contribution is -2.40. The molecule has 0 spiro atoms. The first-order chi connectivity index (χ1) is 14.8. The van der Waals surface area contributed by atoms with Gasteiger partial charge in [-0.25, -0.2) is 17.8 Å². The third-order valence-electron chi connectivity index (χ3n) is 4.64. The van der Waals surface area contributed by atoms with Crippen LogP contribution in [0.3, 0.4) is 0 Å². The highest BCUT2D eigenvalue weighted by Crippen LogP contribution is 2.28. The molecule has 162 valence electrons. The number of amides is 1. The highest BCUT2D eigenvalue weighted by Gasteiger charge is 2.27. The molecule has 3 aromatic rings. The standard InChI is InChI=1S/C20H17ClFN3O4S2/c21-17-5-4-15(31(27,28)25-6-8-29-9-7-25)11-16(17)19(26)24-20-23-18(12-30-20)13-2-1-3-14(22)10-13/h1-5,10-12H,6-9H2,(H,23,24,26). The van der Waals surface area contributed by atoms with Crippen LogP contribution < -0.4 is 5.32 Å². The summed E-state index contributed by atoms with van der Waals surface area (Å²) in [4.78, 5) is 17.0. The summed E-state index contributed by atoms with van der Waals surface area (Å²) < 4.78 is 45.7. The Kier molecular flexibility index (Phi) is 6.35. The van der Waals surface area contributed by atoms with Gasteiger partial charge in [0.15, 0.2) is 5.13 Å². The van der Waals surface area contributed by atoms with Gasteiger partial charge in [0.05, 0.1) is 34.4 Å². The Morgan fingerprint density at radius 2 is 1.97 bits per heavy atom. The summed E-state index contributed by atoms with van der Waals surface area (Å²) in [5, 5.41) is 4.70. The van der Waals surface area contributed by atoms with Crippen molar-refractivity contribution in [1.29, 1.82) is 0 Å². The molecule has 4 rings (SSSR count). The molecule has 7 nitrogen and oxygen atoms in total. The molecule has 0 radical (unpaired) electrons. The molecule has 11 heteroatoms. The first-order valence-corrected chi connectivity index (χ1v) is 11.9. The quantitative estimate of drug-likeness (QED) is 0.597. The number of halogens is 2. The number of rotatable bonds is 5. The van der Waals surface area contributed by atoms with Gasteiger partial charge in [-0.1, -0.05) is 23.7 Å². The SMILES string of the molecule is O=C(Nc1nc(-c2cccc(F)c2)cs1)c1cc(S(=O)(=O)N2CCOCC2)ccc1Cl. The van der Waals surface area contributed by atoms with Crippen molar-refractivity contribution in [2.75, 3.05) is 31.6 Å². The van der Waals surface area contributed by atoms with Crippen molar-refractivity contribution < 1.29 is 22.3 Å². The monoisotopic (exact) mass is 481 g/mol. The van der Waals surface area contributed by atoms with Gasteiger partial charge < -0.3 is 4.74 Å². The Balaban J connectivity index is 1.56. The number of morpholine rings is 1. The number of anilines is 1. The summed E-state index contributed by atoms with van der Waals surface area (Å²) in [6.45, 7) is 1.12. The fourth-order valence-electron chi connectivity index (χ4n) is 3.05. The highest BCUT2D eigenvalue weighted by atomic mass is 35.5. The molecular weight excluding hydrogens is 465 g/mol. The van der Waals surface area contributed by atoms with Crippen LogP contribution in [0.4, 0.5) is 9.52 Å². The molecule has 2 heterocycles. The first-order valence-electron chi connectivity index (χ1n) is 9.25. The predicted octanol–water partition coefficient (Wildman–Crippen LogP) is 3.88. The molecule has 31 heavy (non-hydrogen) atoms. The van der Waals surface area contributed by atoms with E-state index < -0.39 is 15.9 Å². The average Bonchev–Trinajstić information content (AvgIpc) is 3.23. The number of carbonyl (C=O) groups is 1. The van der Waals surface area contributed by atoms with Crippen LogP contribution in [0.2, 0.25) is 5.02 Å². The van der Waals surface area contributed by atoms with Crippen LogP contribution in [0.5, 0.6) is 0 Å². The Hall–Kier alpha value is -2.37. The number of nitrogens with zero attached hydrogens (tertiary/aromatic N) is 2. The van der Waals surface area contributed by atoms with Crippen LogP contribution in [0.15, 0.2) is 52.7 Å². The second-order valence-electron chi connectivity index (χ2n) is 6.66. The van der Waals surface area contributed by atoms with E-state index in [9.17, 15) is 17.6 Å². The lowest BCUT2D eigenvalue weighted by Gasteiger charge is -2.26. The van der Waals surface area contributed by atoms with Gasteiger partial charge in [-0.05, 0) is 30.3 Å². The molecule has 1 N–H and O–H groups in total. The second kappa shape index (κ2) is 9.01. The normalized spacial score (nSPS) is 15.0. The van der Waals surface area contributed by atoms with Gasteiger partial charge in [0.1, 0.15) is 5.82 Å². The smallest absolute Gasteiger partial charge is 0.259 e. The zero-order valence-electron chi connectivity index (χ0n) is 16.0. The van der Waals surface area contributed by atoms with E-state index in [0.29, 0.717) is 24.5 Å². The molecule has 1 saturated heterocycles. The topological polar surface area (TPSA) is 88.6 Å². The minimum atomic E-state index is -3.78. The molecule has 0 unspecified atom stereocenters. The van der Waals surface area contributed by atoms with Crippen LogP contribution in [0, 0.1) is 5.82 Å². The van der Waals surface area contributed by atoms with Crippen molar-refractivity contribution in [3.05, 3.63) is 64.2 Å². The Labute approximate surface area is 187 Å². The van der Waals surface area contributed by atoms with Gasteiger partial charge in [-0.15, -0.1) is 11.3 Å². The van der Waals surface area contributed by atoms with Crippen molar-refractivity contribution in [2.45, 2.75) is 4.90 Å². The van der Waals surface area contributed by atoms with Crippen LogP contribution in [0.1, 0.15) is 10.4 Å². The second-order valence-corrected chi connectivity index (χ2v) is 9.86. The van der Waals surface area contributed by atoms with E-state index in [-0.39, 0.29) is 39.5 Å². The van der Waals surface area contributed by atoms with Crippen molar-refractivity contribution in [1.82, 2.24) is 9.29 Å². The van der Waals surface area contributed by atoms with E-state index in [1.54, 1.807) is 17.5 Å². The summed E-state index contributed by atoms with van der Waals surface area (Å²) >= 11 is 7.33. The van der Waals surface area contributed by atoms with Crippen molar-refractivity contribution >= 4 is 44.0 Å². The minimum absolute atomic E-state index is 0.0125. The van der Waals surface area contributed by atoms with E-state index >= 15 is 0 Å². The van der Waals surface area contributed by atoms with Gasteiger partial charge in [0.2, 0.25) is 10.0 Å².